The summed E-state index contributed by atoms with van der Waals surface area (Å²) in [7, 11) is 1.88. The van der Waals surface area contributed by atoms with Gasteiger partial charge < -0.3 is 25.0 Å². The molecular formula is C30H40N8O2. The highest BCUT2D eigenvalue weighted by molar-refractivity contribution is 5.94. The monoisotopic (exact) mass is 544 g/mol. The van der Waals surface area contributed by atoms with Crippen LogP contribution in [0.15, 0.2) is 36.8 Å². The smallest absolute Gasteiger partial charge is 0.255 e. The molecule has 1 aliphatic carbocycles. The average Bonchev–Trinajstić information content (AvgIpc) is 3.53. The number of aromatic nitrogens is 4. The molecule has 2 aliphatic heterocycles. The van der Waals surface area contributed by atoms with Gasteiger partial charge >= 0.3 is 0 Å². The molecular weight excluding hydrogens is 504 g/mol. The van der Waals surface area contributed by atoms with Crippen molar-refractivity contribution in [1.29, 1.82) is 0 Å². The Hall–Kier alpha value is -3.53. The Morgan fingerprint density at radius 3 is 2.52 bits per heavy atom. The van der Waals surface area contributed by atoms with Crippen LogP contribution in [0.25, 0.3) is 11.0 Å². The zero-order valence-electron chi connectivity index (χ0n) is 23.9. The first kappa shape index (κ1) is 26.7. The van der Waals surface area contributed by atoms with Gasteiger partial charge in [0, 0.05) is 56.2 Å². The molecule has 0 aromatic carbocycles. The van der Waals surface area contributed by atoms with Gasteiger partial charge in [0.05, 0.1) is 17.6 Å². The van der Waals surface area contributed by atoms with Crippen molar-refractivity contribution in [3.8, 4) is 0 Å². The van der Waals surface area contributed by atoms with Crippen LogP contribution in [0.5, 0.6) is 0 Å². The number of likely N-dealkylation sites (tertiary alicyclic amines) is 1. The Balaban J connectivity index is 1.19. The third-order valence-corrected chi connectivity index (χ3v) is 9.26. The number of likely N-dealkylation sites (N-methyl/N-ethyl adjacent to an activating group) is 1. The van der Waals surface area contributed by atoms with Crippen molar-refractivity contribution in [3.63, 3.8) is 0 Å². The second-order valence-corrected chi connectivity index (χ2v) is 12.9. The second-order valence-electron chi connectivity index (χ2n) is 12.9. The number of fused-ring (bicyclic) bond motifs is 3. The van der Waals surface area contributed by atoms with Crippen LogP contribution >= 0.6 is 0 Å². The number of hydrogen-bond donors (Lipinski definition) is 2. The van der Waals surface area contributed by atoms with Crippen molar-refractivity contribution in [3.05, 3.63) is 42.4 Å². The Labute approximate surface area is 235 Å². The van der Waals surface area contributed by atoms with E-state index in [1.807, 2.05) is 35.2 Å². The summed E-state index contributed by atoms with van der Waals surface area (Å²) in [4.78, 5) is 42.5. The molecule has 2 N–H and O–H groups in total. The molecule has 2 saturated heterocycles. The summed E-state index contributed by atoms with van der Waals surface area (Å²) in [6, 6.07) is 6.70. The quantitative estimate of drug-likeness (QED) is 0.452. The highest BCUT2D eigenvalue weighted by Crippen LogP contribution is 2.43. The molecule has 6 rings (SSSR count). The van der Waals surface area contributed by atoms with Crippen molar-refractivity contribution in [2.24, 2.45) is 11.3 Å². The van der Waals surface area contributed by atoms with Crippen LogP contribution in [-0.2, 0) is 4.79 Å². The van der Waals surface area contributed by atoms with Crippen LogP contribution in [0.2, 0.25) is 0 Å². The van der Waals surface area contributed by atoms with E-state index in [-0.39, 0.29) is 23.4 Å². The maximum Gasteiger partial charge on any atom is 0.255 e. The first-order valence-corrected chi connectivity index (χ1v) is 14.5. The standard InChI is InChI=1S/C30H40N8O2/c1-30(2,3)21-6-9-24(25(13-21)36(4)18-39)38-12-11-19-14-32-29(35-27(19)38)34-26-10-5-20(15-31-26)28(40)37-16-22-7-8-23(17-37)33-22/h5,10-12,14-15,18,21-25,33H,6-9,13,16-17H2,1-4H3,(H,31,32,34,35). The van der Waals surface area contributed by atoms with Gasteiger partial charge in [0.15, 0.2) is 0 Å². The lowest BCUT2D eigenvalue weighted by molar-refractivity contribution is -0.121. The molecule has 1 saturated carbocycles. The zero-order chi connectivity index (χ0) is 28.0. The van der Waals surface area contributed by atoms with Crippen molar-refractivity contribution in [2.45, 2.75) is 77.0 Å². The highest BCUT2D eigenvalue weighted by atomic mass is 16.2. The van der Waals surface area contributed by atoms with E-state index in [1.54, 1.807) is 12.3 Å². The number of carbonyl (C=O) groups excluding carboxylic acids is 2. The molecule has 3 aromatic rings. The summed E-state index contributed by atoms with van der Waals surface area (Å²) in [6.45, 7) is 8.38. The van der Waals surface area contributed by atoms with Crippen molar-refractivity contribution >= 4 is 35.1 Å². The van der Waals surface area contributed by atoms with Gasteiger partial charge in [-0.1, -0.05) is 20.8 Å². The van der Waals surface area contributed by atoms with Crippen LogP contribution in [0.4, 0.5) is 11.8 Å². The Kier molecular flexibility index (Phi) is 6.98. The van der Waals surface area contributed by atoms with Crippen molar-refractivity contribution < 1.29 is 9.59 Å². The fourth-order valence-electron chi connectivity index (χ4n) is 6.88. The maximum atomic E-state index is 13.0. The van der Waals surface area contributed by atoms with Gasteiger partial charge in [-0.25, -0.2) is 9.97 Å². The zero-order valence-corrected chi connectivity index (χ0v) is 23.9. The molecule has 212 valence electrons. The van der Waals surface area contributed by atoms with Crippen LogP contribution in [0.1, 0.15) is 69.3 Å². The number of piperazine rings is 1. The molecule has 3 aliphatic rings. The molecule has 10 heteroatoms. The van der Waals surface area contributed by atoms with E-state index < -0.39 is 0 Å². The molecule has 3 aromatic heterocycles. The third kappa shape index (κ3) is 5.16. The van der Waals surface area contributed by atoms with Gasteiger partial charge in [0.25, 0.3) is 5.91 Å². The number of pyridine rings is 1. The first-order valence-electron chi connectivity index (χ1n) is 14.5. The number of anilines is 2. The summed E-state index contributed by atoms with van der Waals surface area (Å²) in [5, 5.41) is 7.73. The van der Waals surface area contributed by atoms with E-state index in [9.17, 15) is 9.59 Å². The number of nitrogens with zero attached hydrogens (tertiary/aromatic N) is 6. The lowest BCUT2D eigenvalue weighted by Gasteiger charge is -2.44. The Morgan fingerprint density at radius 1 is 1.07 bits per heavy atom. The summed E-state index contributed by atoms with van der Waals surface area (Å²) < 4.78 is 2.21. The summed E-state index contributed by atoms with van der Waals surface area (Å²) in [5.41, 5.74) is 1.62. The van der Waals surface area contributed by atoms with Crippen LogP contribution < -0.4 is 10.6 Å². The topological polar surface area (TPSA) is 108 Å². The third-order valence-electron chi connectivity index (χ3n) is 9.26. The van der Waals surface area contributed by atoms with Crippen LogP contribution in [-0.4, -0.2) is 79.9 Å². The minimum absolute atomic E-state index is 0.0315. The Bertz CT molecular complexity index is 1370. The molecule has 2 bridgehead atoms. The molecule has 5 unspecified atom stereocenters. The van der Waals surface area contributed by atoms with Gasteiger partial charge in [-0.2, -0.15) is 4.98 Å². The van der Waals surface area contributed by atoms with Crippen molar-refractivity contribution in [1.82, 2.24) is 34.6 Å². The fourth-order valence-corrected chi connectivity index (χ4v) is 6.88. The maximum absolute atomic E-state index is 13.0. The normalized spacial score (nSPS) is 26.6. The highest BCUT2D eigenvalue weighted by Gasteiger charge is 2.39. The predicted octanol–water partition coefficient (Wildman–Crippen LogP) is 3.99. The molecule has 2 amide bonds. The average molecular weight is 545 g/mol. The van der Waals surface area contributed by atoms with E-state index in [0.717, 1.165) is 62.6 Å². The lowest BCUT2D eigenvalue weighted by Crippen LogP contribution is -2.53. The minimum atomic E-state index is 0.0315. The van der Waals surface area contributed by atoms with Crippen molar-refractivity contribution in [2.75, 3.05) is 25.5 Å². The molecule has 40 heavy (non-hydrogen) atoms. The van der Waals surface area contributed by atoms with E-state index in [1.165, 1.54) is 0 Å². The lowest BCUT2D eigenvalue weighted by atomic mass is 9.69. The summed E-state index contributed by atoms with van der Waals surface area (Å²) in [6.07, 6.45) is 11.8. The Morgan fingerprint density at radius 2 is 1.85 bits per heavy atom. The number of rotatable bonds is 6. The first-order chi connectivity index (χ1) is 19.2. The largest absolute Gasteiger partial charge is 0.343 e. The molecule has 10 nitrogen and oxygen atoms in total. The second kappa shape index (κ2) is 10.5. The molecule has 5 heterocycles. The van der Waals surface area contributed by atoms with Crippen LogP contribution in [0, 0.1) is 11.3 Å². The summed E-state index contributed by atoms with van der Waals surface area (Å²) >= 11 is 0. The minimum Gasteiger partial charge on any atom is -0.343 e. The van der Waals surface area contributed by atoms with Gasteiger partial charge in [-0.3, -0.25) is 9.59 Å². The van der Waals surface area contributed by atoms with Gasteiger partial charge in [0.2, 0.25) is 12.4 Å². The SMILES string of the molecule is CN(C=O)C1CC(C(C)(C)C)CCC1n1ccc2cnc(Nc3ccc(C(=O)N4CC5CCC(C4)N5)cn3)nc21. The molecule has 3 fully saturated rings. The fraction of sp³-hybridized carbons (Fsp3) is 0.567. The van der Waals surface area contributed by atoms with Gasteiger partial charge in [-0.15, -0.1) is 0 Å². The summed E-state index contributed by atoms with van der Waals surface area (Å²) in [5.74, 6) is 1.61. The number of amides is 2. The van der Waals surface area contributed by atoms with E-state index in [4.69, 9.17) is 4.98 Å². The van der Waals surface area contributed by atoms with E-state index in [0.29, 0.717) is 35.3 Å². The number of hydrogen-bond acceptors (Lipinski definition) is 7. The predicted molar refractivity (Wildman–Crippen MR) is 154 cm³/mol. The van der Waals surface area contributed by atoms with Gasteiger partial charge in [0.1, 0.15) is 11.5 Å². The molecule has 5 atom stereocenters. The van der Waals surface area contributed by atoms with Crippen LogP contribution in [0.3, 0.4) is 0 Å². The van der Waals surface area contributed by atoms with Gasteiger partial charge in [-0.05, 0) is 61.6 Å². The van der Waals surface area contributed by atoms with E-state index in [2.05, 4.69) is 52.1 Å². The molecule has 0 radical (unpaired) electrons. The number of nitrogens with one attached hydrogen (secondary N) is 2. The number of carbonyl (C=O) groups is 2. The van der Waals surface area contributed by atoms with E-state index >= 15 is 0 Å². The molecule has 0 spiro atoms.